The molecular weight excluding hydrogens is 427 g/mol. The smallest absolute Gasteiger partial charge is 0.325 e. The molecule has 0 unspecified atom stereocenters. The number of anilines is 1. The van der Waals surface area contributed by atoms with E-state index in [0.717, 1.165) is 29.0 Å². The van der Waals surface area contributed by atoms with E-state index in [0.29, 0.717) is 5.57 Å². The van der Waals surface area contributed by atoms with Gasteiger partial charge in [-0.15, -0.1) is 0 Å². The van der Waals surface area contributed by atoms with E-state index in [-0.39, 0.29) is 28.8 Å². The molecule has 2 aromatic carbocycles. The Kier molecular flexibility index (Phi) is 6.71. The van der Waals surface area contributed by atoms with Crippen LogP contribution in [0.15, 0.2) is 59.1 Å². The zero-order valence-electron chi connectivity index (χ0n) is 16.4. The van der Waals surface area contributed by atoms with Crippen LogP contribution in [0.3, 0.4) is 0 Å². The van der Waals surface area contributed by atoms with Gasteiger partial charge in [0.15, 0.2) is 0 Å². The number of nitrogens with one attached hydrogen (secondary N) is 2. The predicted molar refractivity (Wildman–Crippen MR) is 112 cm³/mol. The average molecular weight is 445 g/mol. The number of hydrogen-bond acceptors (Lipinski definition) is 4. The van der Waals surface area contributed by atoms with Gasteiger partial charge in [0.1, 0.15) is 0 Å². The lowest BCUT2D eigenvalue weighted by Crippen LogP contribution is -2.31. The lowest BCUT2D eigenvalue weighted by atomic mass is 9.87. The molecule has 1 aliphatic heterocycles. The van der Waals surface area contributed by atoms with Crippen LogP contribution >= 0.6 is 11.8 Å². The maximum absolute atomic E-state index is 13.1. The summed E-state index contributed by atoms with van der Waals surface area (Å²) < 4.78 is 39.3. The van der Waals surface area contributed by atoms with Gasteiger partial charge in [0.05, 0.1) is 33.7 Å². The minimum Gasteiger partial charge on any atom is -0.325 e. The average Bonchev–Trinajstić information content (AvgIpc) is 2.72. The number of aryl methyl sites for hydroxylation is 1. The number of nitrogens with zero attached hydrogens (tertiary/aromatic N) is 1. The van der Waals surface area contributed by atoms with Gasteiger partial charge in [-0.3, -0.25) is 9.59 Å². The molecule has 2 aromatic rings. The Bertz CT molecular complexity index is 1070. The minimum atomic E-state index is -4.61. The van der Waals surface area contributed by atoms with Crippen LogP contribution in [0.1, 0.15) is 29.0 Å². The summed E-state index contributed by atoms with van der Waals surface area (Å²) in [7, 11) is 0. The molecule has 1 heterocycles. The van der Waals surface area contributed by atoms with Crippen molar-refractivity contribution < 1.29 is 22.8 Å². The van der Waals surface area contributed by atoms with Crippen molar-refractivity contribution in [2.75, 3.05) is 11.1 Å². The summed E-state index contributed by atoms with van der Waals surface area (Å²) in [6.07, 6.45) is -4.51. The van der Waals surface area contributed by atoms with Crippen molar-refractivity contribution >= 4 is 29.3 Å². The third kappa shape index (κ3) is 5.47. The van der Waals surface area contributed by atoms with Crippen molar-refractivity contribution in [1.29, 1.82) is 5.26 Å². The molecule has 0 saturated carbocycles. The summed E-state index contributed by atoms with van der Waals surface area (Å²) >= 11 is 0.908. The largest absolute Gasteiger partial charge is 0.418 e. The van der Waals surface area contributed by atoms with Gasteiger partial charge in [-0.25, -0.2) is 0 Å². The first kappa shape index (κ1) is 22.4. The van der Waals surface area contributed by atoms with Gasteiger partial charge in [0.2, 0.25) is 11.8 Å². The lowest BCUT2D eigenvalue weighted by Gasteiger charge is -2.25. The highest BCUT2D eigenvalue weighted by atomic mass is 32.2. The summed E-state index contributed by atoms with van der Waals surface area (Å²) in [6.45, 7) is 1.93. The fraction of sp³-hybridized carbons (Fsp3) is 0.227. The van der Waals surface area contributed by atoms with Crippen molar-refractivity contribution in [2.45, 2.75) is 25.4 Å². The first-order valence-electron chi connectivity index (χ1n) is 9.28. The van der Waals surface area contributed by atoms with Gasteiger partial charge in [0, 0.05) is 12.3 Å². The predicted octanol–water partition coefficient (Wildman–Crippen LogP) is 4.72. The molecule has 0 saturated heterocycles. The van der Waals surface area contributed by atoms with Crippen LogP contribution < -0.4 is 10.6 Å². The number of nitriles is 1. The van der Waals surface area contributed by atoms with Crippen molar-refractivity contribution in [3.63, 3.8) is 0 Å². The van der Waals surface area contributed by atoms with Crippen LogP contribution in [0.5, 0.6) is 0 Å². The molecular formula is C22H18F3N3O2S. The van der Waals surface area contributed by atoms with E-state index in [1.54, 1.807) is 0 Å². The molecule has 0 bridgehead atoms. The highest BCUT2D eigenvalue weighted by molar-refractivity contribution is 8.03. The number of benzene rings is 2. The quantitative estimate of drug-likeness (QED) is 0.698. The van der Waals surface area contributed by atoms with E-state index in [1.807, 2.05) is 31.2 Å². The van der Waals surface area contributed by atoms with Gasteiger partial charge in [-0.1, -0.05) is 53.7 Å². The summed E-state index contributed by atoms with van der Waals surface area (Å²) in [5, 5.41) is 14.8. The van der Waals surface area contributed by atoms with Crippen molar-refractivity contribution in [2.24, 2.45) is 0 Å². The van der Waals surface area contributed by atoms with Crippen molar-refractivity contribution in [3.8, 4) is 6.07 Å². The number of alkyl halides is 3. The Morgan fingerprint density at radius 3 is 2.55 bits per heavy atom. The van der Waals surface area contributed by atoms with Gasteiger partial charge >= 0.3 is 6.18 Å². The number of thioether (sulfide) groups is 1. The Morgan fingerprint density at radius 2 is 1.90 bits per heavy atom. The maximum Gasteiger partial charge on any atom is 0.418 e. The molecule has 31 heavy (non-hydrogen) atoms. The summed E-state index contributed by atoms with van der Waals surface area (Å²) in [5.41, 5.74) is 0.864. The molecule has 0 aliphatic carbocycles. The summed E-state index contributed by atoms with van der Waals surface area (Å²) in [6, 6.07) is 14.2. The number of allylic oxidation sites excluding steroid dienone is 1. The molecule has 160 valence electrons. The van der Waals surface area contributed by atoms with Crippen LogP contribution in [0.25, 0.3) is 0 Å². The van der Waals surface area contributed by atoms with Gasteiger partial charge in [-0.2, -0.15) is 18.4 Å². The second kappa shape index (κ2) is 9.27. The molecule has 5 nitrogen and oxygen atoms in total. The lowest BCUT2D eigenvalue weighted by molar-refractivity contribution is -0.137. The highest BCUT2D eigenvalue weighted by Crippen LogP contribution is 2.37. The minimum absolute atomic E-state index is 0.0984. The van der Waals surface area contributed by atoms with Gasteiger partial charge < -0.3 is 10.6 Å². The molecule has 9 heteroatoms. The maximum atomic E-state index is 13.1. The van der Waals surface area contributed by atoms with E-state index in [1.165, 1.54) is 18.2 Å². The Labute approximate surface area is 181 Å². The number of hydrogen-bond donors (Lipinski definition) is 2. The molecule has 0 fully saturated rings. The molecule has 0 radical (unpaired) electrons. The van der Waals surface area contributed by atoms with E-state index >= 15 is 0 Å². The van der Waals surface area contributed by atoms with Crippen LogP contribution in [0, 0.1) is 18.3 Å². The number of para-hydroxylation sites is 1. The Hall–Kier alpha value is -3.25. The second-order valence-electron chi connectivity index (χ2n) is 6.95. The zero-order chi connectivity index (χ0) is 22.6. The molecule has 1 aliphatic rings. The van der Waals surface area contributed by atoms with Crippen LogP contribution in [0.4, 0.5) is 18.9 Å². The third-order valence-corrected chi connectivity index (χ3v) is 5.71. The highest BCUT2D eigenvalue weighted by Gasteiger charge is 2.34. The first-order valence-corrected chi connectivity index (χ1v) is 10.3. The monoisotopic (exact) mass is 445 g/mol. The summed E-state index contributed by atoms with van der Waals surface area (Å²) in [5.74, 6) is -1.70. The number of amides is 2. The number of rotatable bonds is 5. The van der Waals surface area contributed by atoms with Crippen molar-refractivity contribution in [3.05, 3.63) is 75.8 Å². The zero-order valence-corrected chi connectivity index (χ0v) is 17.2. The van der Waals surface area contributed by atoms with E-state index in [2.05, 4.69) is 16.7 Å². The number of carbonyl (C=O) groups excluding carboxylic acids is 2. The molecule has 0 spiro atoms. The van der Waals surface area contributed by atoms with Gasteiger partial charge in [0.25, 0.3) is 0 Å². The van der Waals surface area contributed by atoms with E-state index in [9.17, 15) is 28.0 Å². The van der Waals surface area contributed by atoms with Crippen LogP contribution in [-0.4, -0.2) is 17.6 Å². The van der Waals surface area contributed by atoms with Crippen LogP contribution in [-0.2, 0) is 15.8 Å². The topological polar surface area (TPSA) is 82.0 Å². The van der Waals surface area contributed by atoms with Gasteiger partial charge in [-0.05, 0) is 24.6 Å². The Morgan fingerprint density at radius 1 is 1.23 bits per heavy atom. The molecule has 1 atom stereocenters. The number of carbonyl (C=O) groups is 2. The fourth-order valence-electron chi connectivity index (χ4n) is 3.18. The second-order valence-corrected chi connectivity index (χ2v) is 7.94. The van der Waals surface area contributed by atoms with Crippen molar-refractivity contribution in [1.82, 2.24) is 5.32 Å². The van der Waals surface area contributed by atoms with Crippen LogP contribution in [0.2, 0.25) is 0 Å². The number of halogens is 3. The standard InChI is InChI=1S/C22H18F3N3O2S/c1-13-6-8-14(9-7-13)15-10-19(29)28-21(16(15)11-26)31-12-20(30)27-18-5-3-2-4-17(18)22(23,24)25/h2-9,15H,10,12H2,1H3,(H,27,30)(H,28,29)/t15-/m1/s1. The molecule has 3 rings (SSSR count). The first-order chi connectivity index (χ1) is 14.7. The molecule has 2 amide bonds. The molecule has 0 aromatic heterocycles. The van der Waals surface area contributed by atoms with E-state index < -0.39 is 23.6 Å². The fourth-order valence-corrected chi connectivity index (χ4v) is 4.06. The molecule has 2 N–H and O–H groups in total. The van der Waals surface area contributed by atoms with E-state index in [4.69, 9.17) is 0 Å². The summed E-state index contributed by atoms with van der Waals surface area (Å²) in [4.78, 5) is 24.5. The third-order valence-electron chi connectivity index (χ3n) is 4.69. The normalized spacial score (nSPS) is 16.5. The SMILES string of the molecule is Cc1ccc([C@H]2CC(=O)NC(SCC(=O)Nc3ccccc3C(F)(F)F)=C2C#N)cc1. The Balaban J connectivity index is 1.77.